The predicted molar refractivity (Wildman–Crippen MR) is 56.6 cm³/mol. The fourth-order valence-electron chi connectivity index (χ4n) is 0.693. The zero-order valence-electron chi connectivity index (χ0n) is 9.12. The van der Waals surface area contributed by atoms with Crippen molar-refractivity contribution in [1.29, 1.82) is 0 Å². The second kappa shape index (κ2) is 10.9. The molecule has 14 heavy (non-hydrogen) atoms. The Balaban J connectivity index is 0. The van der Waals surface area contributed by atoms with E-state index in [9.17, 15) is 8.42 Å². The summed E-state index contributed by atoms with van der Waals surface area (Å²) < 4.78 is 32.2. The number of unbranched alkanes of at least 4 members (excludes halogenated alkanes) is 3. The number of nitrogens with one attached hydrogen (secondary N) is 1. The zero-order chi connectivity index (χ0) is 11.4. The van der Waals surface area contributed by atoms with Crippen molar-refractivity contribution in [3.05, 3.63) is 0 Å². The Morgan fingerprint density at radius 2 is 1.71 bits per heavy atom. The van der Waals surface area contributed by atoms with Crippen molar-refractivity contribution in [3.63, 3.8) is 0 Å². The summed E-state index contributed by atoms with van der Waals surface area (Å²) in [6.07, 6.45) is 3.76. The molecule has 0 aromatic carbocycles. The van der Waals surface area contributed by atoms with Gasteiger partial charge in [-0.2, -0.15) is 8.42 Å². The van der Waals surface area contributed by atoms with Gasteiger partial charge in [-0.1, -0.05) is 26.2 Å². The highest BCUT2D eigenvalue weighted by molar-refractivity contribution is 7.80. The van der Waals surface area contributed by atoms with E-state index in [-0.39, 0.29) is 6.61 Å². The van der Waals surface area contributed by atoms with E-state index in [1.165, 1.54) is 0 Å². The molecule has 0 amide bonds. The molecule has 0 saturated carbocycles. The summed E-state index contributed by atoms with van der Waals surface area (Å²) in [4.78, 5) is 0. The summed E-state index contributed by atoms with van der Waals surface area (Å²) in [6.45, 7) is 2.14. The average molecular weight is 227 g/mol. The molecule has 6 heteroatoms. The zero-order valence-corrected chi connectivity index (χ0v) is 9.93. The van der Waals surface area contributed by atoms with Crippen LogP contribution < -0.4 is 5.32 Å². The van der Waals surface area contributed by atoms with Gasteiger partial charge in [-0.15, -0.1) is 0 Å². The molecule has 0 radical (unpaired) electrons. The Labute approximate surface area is 86.8 Å². The third-order valence-electron chi connectivity index (χ3n) is 1.23. The van der Waals surface area contributed by atoms with Crippen molar-refractivity contribution < 1.29 is 17.2 Å². The second-order valence-corrected chi connectivity index (χ2v) is 3.90. The van der Waals surface area contributed by atoms with Crippen LogP contribution in [-0.2, 0) is 14.6 Å². The standard InChI is InChI=1S/C6H14O4S.C2H7N/c1-2-3-4-5-6-10-11(7,8)9;1-3-2/h2-6H2,1H3,(H,7,8,9);3H,1-2H3. The smallest absolute Gasteiger partial charge is 0.323 e. The van der Waals surface area contributed by atoms with Crippen LogP contribution >= 0.6 is 0 Å². The normalized spacial score (nSPS) is 10.6. The van der Waals surface area contributed by atoms with Gasteiger partial charge in [-0.25, -0.2) is 4.18 Å². The molecule has 88 valence electrons. The molecule has 0 heterocycles. The van der Waals surface area contributed by atoms with Gasteiger partial charge in [-0.05, 0) is 20.5 Å². The Kier molecular flexibility index (Phi) is 12.7. The summed E-state index contributed by atoms with van der Waals surface area (Å²) in [7, 11) is -0.461. The Hall–Kier alpha value is -0.170. The molecule has 0 bridgehead atoms. The lowest BCUT2D eigenvalue weighted by Crippen LogP contribution is -2.04. The Morgan fingerprint density at radius 1 is 1.21 bits per heavy atom. The van der Waals surface area contributed by atoms with E-state index in [2.05, 4.69) is 16.4 Å². The number of rotatable bonds is 6. The van der Waals surface area contributed by atoms with Gasteiger partial charge in [-0.3, -0.25) is 4.55 Å². The maximum atomic E-state index is 10.00. The van der Waals surface area contributed by atoms with E-state index in [0.29, 0.717) is 6.42 Å². The summed E-state index contributed by atoms with van der Waals surface area (Å²) in [5.74, 6) is 0. The Bertz CT molecular complexity index is 192. The summed E-state index contributed by atoms with van der Waals surface area (Å²) in [6, 6.07) is 0. The van der Waals surface area contributed by atoms with Crippen molar-refractivity contribution in [2.75, 3.05) is 20.7 Å². The summed E-state index contributed by atoms with van der Waals surface area (Å²) >= 11 is 0. The van der Waals surface area contributed by atoms with Gasteiger partial charge in [0, 0.05) is 0 Å². The van der Waals surface area contributed by atoms with Crippen LogP contribution in [0.3, 0.4) is 0 Å². The second-order valence-electron chi connectivity index (χ2n) is 2.81. The SMILES string of the molecule is CCCCCCOS(=O)(=O)O.CNC. The minimum atomic E-state index is -4.21. The van der Waals surface area contributed by atoms with Crippen LogP contribution in [0.25, 0.3) is 0 Å². The van der Waals surface area contributed by atoms with Crippen molar-refractivity contribution in [2.24, 2.45) is 0 Å². The molecular weight excluding hydrogens is 206 g/mol. The molecular formula is C8H21NO4S. The highest BCUT2D eigenvalue weighted by Crippen LogP contribution is 1.99. The molecule has 2 N–H and O–H groups in total. The first-order valence-electron chi connectivity index (χ1n) is 4.68. The van der Waals surface area contributed by atoms with E-state index in [4.69, 9.17) is 4.55 Å². The molecule has 0 rings (SSSR count). The monoisotopic (exact) mass is 227 g/mol. The molecule has 0 aliphatic rings. The van der Waals surface area contributed by atoms with E-state index >= 15 is 0 Å². The molecule has 0 aliphatic carbocycles. The molecule has 0 atom stereocenters. The largest absolute Gasteiger partial charge is 0.397 e. The highest BCUT2D eigenvalue weighted by atomic mass is 32.3. The molecule has 0 saturated heterocycles. The molecule has 0 unspecified atom stereocenters. The molecule has 0 aliphatic heterocycles. The lowest BCUT2D eigenvalue weighted by molar-refractivity contribution is 0.261. The van der Waals surface area contributed by atoms with Gasteiger partial charge in [0.1, 0.15) is 0 Å². The van der Waals surface area contributed by atoms with Crippen LogP contribution in [0.4, 0.5) is 0 Å². The van der Waals surface area contributed by atoms with Gasteiger partial charge >= 0.3 is 10.4 Å². The fraction of sp³-hybridized carbons (Fsp3) is 1.00. The minimum absolute atomic E-state index is 0.0822. The first kappa shape index (κ1) is 16.3. The van der Waals surface area contributed by atoms with E-state index in [1.807, 2.05) is 14.1 Å². The number of hydrogen-bond donors (Lipinski definition) is 2. The van der Waals surface area contributed by atoms with E-state index in [0.717, 1.165) is 19.3 Å². The van der Waals surface area contributed by atoms with Gasteiger partial charge in [0.2, 0.25) is 0 Å². The van der Waals surface area contributed by atoms with Crippen molar-refractivity contribution in [1.82, 2.24) is 5.32 Å². The quantitative estimate of drug-likeness (QED) is 0.527. The Morgan fingerprint density at radius 3 is 2.07 bits per heavy atom. The van der Waals surface area contributed by atoms with Crippen molar-refractivity contribution in [2.45, 2.75) is 32.6 Å². The topological polar surface area (TPSA) is 75.6 Å². The van der Waals surface area contributed by atoms with Crippen LogP contribution in [0.15, 0.2) is 0 Å². The number of hydrogen-bond acceptors (Lipinski definition) is 4. The molecule has 0 aromatic rings. The highest BCUT2D eigenvalue weighted by Gasteiger charge is 2.01. The lowest BCUT2D eigenvalue weighted by atomic mass is 10.2. The van der Waals surface area contributed by atoms with Crippen molar-refractivity contribution in [3.8, 4) is 0 Å². The van der Waals surface area contributed by atoms with Crippen molar-refractivity contribution >= 4 is 10.4 Å². The molecule has 0 fully saturated rings. The molecule has 0 spiro atoms. The van der Waals surface area contributed by atoms with Crippen LogP contribution in [0.1, 0.15) is 32.6 Å². The third-order valence-corrected chi connectivity index (χ3v) is 1.69. The molecule has 5 nitrogen and oxygen atoms in total. The first-order chi connectivity index (χ1) is 6.47. The van der Waals surface area contributed by atoms with Crippen LogP contribution in [0, 0.1) is 0 Å². The van der Waals surface area contributed by atoms with Gasteiger partial charge in [0.15, 0.2) is 0 Å². The summed E-state index contributed by atoms with van der Waals surface area (Å²) in [5, 5.41) is 2.75. The van der Waals surface area contributed by atoms with E-state index < -0.39 is 10.4 Å². The average Bonchev–Trinajstić information content (AvgIpc) is 2.03. The first-order valence-corrected chi connectivity index (χ1v) is 6.04. The fourth-order valence-corrected chi connectivity index (χ4v) is 1.02. The lowest BCUT2D eigenvalue weighted by Gasteiger charge is -1.98. The summed E-state index contributed by atoms with van der Waals surface area (Å²) in [5.41, 5.74) is 0. The van der Waals surface area contributed by atoms with Crippen LogP contribution in [-0.4, -0.2) is 33.7 Å². The van der Waals surface area contributed by atoms with Gasteiger partial charge in [0.25, 0.3) is 0 Å². The van der Waals surface area contributed by atoms with Gasteiger partial charge < -0.3 is 5.32 Å². The van der Waals surface area contributed by atoms with Crippen LogP contribution in [0.5, 0.6) is 0 Å². The minimum Gasteiger partial charge on any atom is -0.323 e. The predicted octanol–water partition coefficient (Wildman–Crippen LogP) is 1.22. The molecule has 0 aromatic heterocycles. The maximum absolute atomic E-state index is 10.00. The van der Waals surface area contributed by atoms with Crippen LogP contribution in [0.2, 0.25) is 0 Å². The van der Waals surface area contributed by atoms with E-state index in [1.54, 1.807) is 0 Å². The van der Waals surface area contributed by atoms with Gasteiger partial charge in [0.05, 0.1) is 6.61 Å². The third kappa shape index (κ3) is 22.6. The maximum Gasteiger partial charge on any atom is 0.397 e.